The summed E-state index contributed by atoms with van der Waals surface area (Å²) in [5.41, 5.74) is 0. The zero-order valence-electron chi connectivity index (χ0n) is 10.6. The van der Waals surface area contributed by atoms with Gasteiger partial charge in [0.25, 0.3) is 0 Å². The summed E-state index contributed by atoms with van der Waals surface area (Å²) in [5.74, 6) is 4.16. The lowest BCUT2D eigenvalue weighted by atomic mass is 9.89. The molecule has 2 aliphatic carbocycles. The van der Waals surface area contributed by atoms with Crippen molar-refractivity contribution in [3.8, 4) is 0 Å². The highest BCUT2D eigenvalue weighted by atomic mass is 35.5. The highest BCUT2D eigenvalue weighted by Crippen LogP contribution is 2.49. The third-order valence-corrected chi connectivity index (χ3v) is 4.83. The fourth-order valence-electron chi connectivity index (χ4n) is 3.73. The van der Waals surface area contributed by atoms with Crippen LogP contribution in [0.3, 0.4) is 0 Å². The van der Waals surface area contributed by atoms with Crippen LogP contribution >= 0.6 is 11.6 Å². The third kappa shape index (κ3) is 1.99. The molecule has 0 radical (unpaired) electrons. The van der Waals surface area contributed by atoms with Crippen molar-refractivity contribution in [2.24, 2.45) is 17.8 Å². The van der Waals surface area contributed by atoms with Crippen LogP contribution in [0.4, 0.5) is 0 Å². The lowest BCUT2D eigenvalue weighted by Crippen LogP contribution is -2.19. The number of aromatic nitrogens is 3. The molecule has 0 spiro atoms. The van der Waals surface area contributed by atoms with E-state index in [0.29, 0.717) is 11.2 Å². The SMILES string of the molecule is CC(C)c1nnc(Cl)n1CC1CC2CCC1C2. The van der Waals surface area contributed by atoms with E-state index in [0.717, 1.165) is 30.1 Å². The van der Waals surface area contributed by atoms with Crippen LogP contribution in [0, 0.1) is 17.8 Å². The normalized spacial score (nSPS) is 31.6. The minimum Gasteiger partial charge on any atom is -0.301 e. The van der Waals surface area contributed by atoms with E-state index in [2.05, 4.69) is 28.6 Å². The molecule has 2 aliphatic rings. The van der Waals surface area contributed by atoms with E-state index in [1.54, 1.807) is 0 Å². The van der Waals surface area contributed by atoms with Crippen molar-refractivity contribution in [2.75, 3.05) is 0 Å². The Morgan fingerprint density at radius 1 is 1.29 bits per heavy atom. The van der Waals surface area contributed by atoms with E-state index >= 15 is 0 Å². The zero-order valence-corrected chi connectivity index (χ0v) is 11.3. The van der Waals surface area contributed by atoms with Gasteiger partial charge < -0.3 is 4.57 Å². The van der Waals surface area contributed by atoms with Crippen LogP contribution in [0.1, 0.15) is 51.3 Å². The van der Waals surface area contributed by atoms with Crippen molar-refractivity contribution in [2.45, 2.75) is 52.0 Å². The van der Waals surface area contributed by atoms with Crippen LogP contribution in [0.5, 0.6) is 0 Å². The molecular formula is C13H20ClN3. The molecule has 3 nitrogen and oxygen atoms in total. The molecule has 2 saturated carbocycles. The average Bonchev–Trinajstić information content (AvgIpc) is 2.95. The van der Waals surface area contributed by atoms with Gasteiger partial charge in [-0.1, -0.05) is 20.3 Å². The molecule has 1 aromatic heterocycles. The van der Waals surface area contributed by atoms with Gasteiger partial charge in [0.05, 0.1) is 0 Å². The van der Waals surface area contributed by atoms with Crippen molar-refractivity contribution in [3.63, 3.8) is 0 Å². The van der Waals surface area contributed by atoms with Gasteiger partial charge in [-0.3, -0.25) is 0 Å². The first kappa shape index (κ1) is 11.5. The van der Waals surface area contributed by atoms with E-state index in [-0.39, 0.29) is 0 Å². The molecular weight excluding hydrogens is 234 g/mol. The molecule has 94 valence electrons. The monoisotopic (exact) mass is 253 g/mol. The quantitative estimate of drug-likeness (QED) is 0.826. The van der Waals surface area contributed by atoms with E-state index < -0.39 is 0 Å². The van der Waals surface area contributed by atoms with Crippen LogP contribution in [-0.4, -0.2) is 14.8 Å². The Morgan fingerprint density at radius 2 is 2.12 bits per heavy atom. The van der Waals surface area contributed by atoms with Gasteiger partial charge in [-0.2, -0.15) is 0 Å². The molecule has 1 heterocycles. The van der Waals surface area contributed by atoms with Gasteiger partial charge in [-0.15, -0.1) is 10.2 Å². The summed E-state index contributed by atoms with van der Waals surface area (Å²) >= 11 is 6.16. The fraction of sp³-hybridized carbons (Fsp3) is 0.846. The minimum absolute atomic E-state index is 0.397. The number of hydrogen-bond donors (Lipinski definition) is 0. The van der Waals surface area contributed by atoms with Crippen LogP contribution in [0.2, 0.25) is 5.28 Å². The maximum atomic E-state index is 6.16. The summed E-state index contributed by atoms with van der Waals surface area (Å²) in [5, 5.41) is 8.79. The number of fused-ring (bicyclic) bond motifs is 2. The highest BCUT2D eigenvalue weighted by molar-refractivity contribution is 6.28. The van der Waals surface area contributed by atoms with Gasteiger partial charge in [0.2, 0.25) is 5.28 Å². The van der Waals surface area contributed by atoms with Crippen LogP contribution in [-0.2, 0) is 6.54 Å². The number of halogens is 1. The molecule has 3 unspecified atom stereocenters. The molecule has 0 aliphatic heterocycles. The Balaban J connectivity index is 1.78. The lowest BCUT2D eigenvalue weighted by Gasteiger charge is -2.23. The number of nitrogens with zero attached hydrogens (tertiary/aromatic N) is 3. The molecule has 4 heteroatoms. The first-order valence-electron chi connectivity index (χ1n) is 6.73. The number of hydrogen-bond acceptors (Lipinski definition) is 2. The predicted molar refractivity (Wildman–Crippen MR) is 68.1 cm³/mol. The molecule has 0 saturated heterocycles. The van der Waals surface area contributed by atoms with Gasteiger partial charge >= 0.3 is 0 Å². The summed E-state index contributed by atoms with van der Waals surface area (Å²) in [6.45, 7) is 5.33. The summed E-state index contributed by atoms with van der Waals surface area (Å²) in [7, 11) is 0. The largest absolute Gasteiger partial charge is 0.301 e. The summed E-state index contributed by atoms with van der Waals surface area (Å²) in [4.78, 5) is 0. The van der Waals surface area contributed by atoms with Crippen molar-refractivity contribution < 1.29 is 0 Å². The molecule has 2 bridgehead atoms. The molecule has 0 aromatic carbocycles. The second kappa shape index (κ2) is 4.27. The molecule has 0 N–H and O–H groups in total. The Morgan fingerprint density at radius 3 is 2.71 bits per heavy atom. The summed E-state index contributed by atoms with van der Waals surface area (Å²) in [6.07, 6.45) is 5.71. The topological polar surface area (TPSA) is 30.7 Å². The fourth-order valence-corrected chi connectivity index (χ4v) is 3.92. The Hall–Kier alpha value is -0.570. The van der Waals surface area contributed by atoms with E-state index in [9.17, 15) is 0 Å². The van der Waals surface area contributed by atoms with E-state index in [4.69, 9.17) is 11.6 Å². The van der Waals surface area contributed by atoms with E-state index in [1.807, 2.05) is 0 Å². The Bertz CT molecular complexity index is 413. The van der Waals surface area contributed by atoms with Crippen LogP contribution < -0.4 is 0 Å². The van der Waals surface area contributed by atoms with E-state index in [1.165, 1.54) is 25.7 Å². The maximum absolute atomic E-state index is 6.16. The molecule has 1 aromatic rings. The highest BCUT2D eigenvalue weighted by Gasteiger charge is 2.39. The Labute approximate surface area is 108 Å². The first-order valence-corrected chi connectivity index (χ1v) is 7.11. The smallest absolute Gasteiger partial charge is 0.225 e. The van der Waals surface area contributed by atoms with Crippen LogP contribution in [0.15, 0.2) is 0 Å². The van der Waals surface area contributed by atoms with Gasteiger partial charge in [-0.25, -0.2) is 0 Å². The number of rotatable bonds is 3. The van der Waals surface area contributed by atoms with Crippen molar-refractivity contribution in [3.05, 3.63) is 11.1 Å². The predicted octanol–water partition coefficient (Wildman–Crippen LogP) is 3.49. The van der Waals surface area contributed by atoms with Crippen molar-refractivity contribution in [1.82, 2.24) is 14.8 Å². The molecule has 3 rings (SSSR count). The molecule has 0 amide bonds. The molecule has 17 heavy (non-hydrogen) atoms. The zero-order chi connectivity index (χ0) is 12.0. The second-order valence-corrected chi connectivity index (χ2v) is 6.37. The summed E-state index contributed by atoms with van der Waals surface area (Å²) in [6, 6.07) is 0. The standard InChI is InChI=1S/C13H20ClN3/c1-8(2)12-15-16-13(14)17(12)7-11-6-9-3-4-10(11)5-9/h8-11H,3-7H2,1-2H3. The maximum Gasteiger partial charge on any atom is 0.225 e. The van der Waals surface area contributed by atoms with Crippen molar-refractivity contribution >= 4 is 11.6 Å². The minimum atomic E-state index is 0.397. The lowest BCUT2D eigenvalue weighted by molar-refractivity contribution is 0.292. The summed E-state index contributed by atoms with van der Waals surface area (Å²) < 4.78 is 2.14. The molecule has 2 fully saturated rings. The Kier molecular flexibility index (Phi) is 2.89. The average molecular weight is 254 g/mol. The van der Waals surface area contributed by atoms with Crippen molar-refractivity contribution in [1.29, 1.82) is 0 Å². The van der Waals surface area contributed by atoms with Gasteiger partial charge in [0, 0.05) is 12.5 Å². The first-order chi connectivity index (χ1) is 8.15. The third-order valence-electron chi connectivity index (χ3n) is 4.55. The molecule has 3 atom stereocenters. The van der Waals surface area contributed by atoms with Gasteiger partial charge in [-0.05, 0) is 48.6 Å². The van der Waals surface area contributed by atoms with Gasteiger partial charge in [0.15, 0.2) is 0 Å². The van der Waals surface area contributed by atoms with Crippen LogP contribution in [0.25, 0.3) is 0 Å². The van der Waals surface area contributed by atoms with Gasteiger partial charge in [0.1, 0.15) is 5.82 Å². The second-order valence-electron chi connectivity index (χ2n) is 6.03.